The topological polar surface area (TPSA) is 85.8 Å². The van der Waals surface area contributed by atoms with Gasteiger partial charge in [-0.2, -0.15) is 0 Å². The monoisotopic (exact) mass is 361 g/mol. The standard InChI is InChI=1S/C16H16FN5O2S/c1-9-8-13(21-24-9)18-15(23)10(2)25-16-20-19-14(22(16)3)11-4-6-12(17)7-5-11/h4-8,10H,1-3H3,(H,18,21,23)/t10-/m1/s1. The highest BCUT2D eigenvalue weighted by Crippen LogP contribution is 2.26. The first kappa shape index (κ1) is 17.2. The number of rotatable bonds is 5. The van der Waals surface area contributed by atoms with Crippen LogP contribution in [0.2, 0.25) is 0 Å². The van der Waals surface area contributed by atoms with Crippen molar-refractivity contribution in [3.8, 4) is 11.4 Å². The Morgan fingerprint density at radius 3 is 2.68 bits per heavy atom. The van der Waals surface area contributed by atoms with E-state index in [1.807, 2.05) is 0 Å². The second-order valence-corrected chi connectivity index (χ2v) is 6.75. The van der Waals surface area contributed by atoms with Crippen molar-refractivity contribution in [1.82, 2.24) is 19.9 Å². The Morgan fingerprint density at radius 1 is 1.32 bits per heavy atom. The minimum atomic E-state index is -0.416. The van der Waals surface area contributed by atoms with Crippen molar-refractivity contribution in [2.45, 2.75) is 24.3 Å². The van der Waals surface area contributed by atoms with E-state index in [2.05, 4.69) is 20.7 Å². The fourth-order valence-corrected chi connectivity index (χ4v) is 2.95. The molecule has 2 aromatic heterocycles. The first-order valence-corrected chi connectivity index (χ1v) is 8.38. The Morgan fingerprint density at radius 2 is 2.04 bits per heavy atom. The third kappa shape index (κ3) is 3.87. The summed E-state index contributed by atoms with van der Waals surface area (Å²) in [6.45, 7) is 3.51. The molecule has 0 fully saturated rings. The number of amides is 1. The predicted octanol–water partition coefficient (Wildman–Crippen LogP) is 3.04. The lowest BCUT2D eigenvalue weighted by molar-refractivity contribution is -0.115. The zero-order valence-corrected chi connectivity index (χ0v) is 14.7. The number of hydrogen-bond acceptors (Lipinski definition) is 6. The zero-order chi connectivity index (χ0) is 18.0. The van der Waals surface area contributed by atoms with E-state index >= 15 is 0 Å². The van der Waals surface area contributed by atoms with Gasteiger partial charge < -0.3 is 14.4 Å². The van der Waals surface area contributed by atoms with Crippen LogP contribution in [0.15, 0.2) is 40.0 Å². The Hall–Kier alpha value is -2.68. The molecule has 0 aliphatic carbocycles. The maximum atomic E-state index is 13.0. The van der Waals surface area contributed by atoms with Crippen LogP contribution in [0.3, 0.4) is 0 Å². The SMILES string of the molecule is Cc1cc(NC(=O)[C@@H](C)Sc2nnc(-c3ccc(F)cc3)n2C)no1. The van der Waals surface area contributed by atoms with Crippen molar-refractivity contribution in [2.24, 2.45) is 7.05 Å². The number of nitrogens with zero attached hydrogens (tertiary/aromatic N) is 4. The van der Waals surface area contributed by atoms with Crippen molar-refractivity contribution in [3.05, 3.63) is 41.9 Å². The number of thioether (sulfide) groups is 1. The molecule has 0 saturated carbocycles. The molecule has 2 heterocycles. The molecule has 130 valence electrons. The second kappa shape index (κ2) is 7.06. The first-order chi connectivity index (χ1) is 11.9. The van der Waals surface area contributed by atoms with Crippen molar-refractivity contribution >= 4 is 23.5 Å². The summed E-state index contributed by atoms with van der Waals surface area (Å²) in [4.78, 5) is 12.2. The highest BCUT2D eigenvalue weighted by atomic mass is 32.2. The first-order valence-electron chi connectivity index (χ1n) is 7.50. The molecular weight excluding hydrogens is 345 g/mol. The van der Waals surface area contributed by atoms with Crippen molar-refractivity contribution in [3.63, 3.8) is 0 Å². The fraction of sp³-hybridized carbons (Fsp3) is 0.250. The van der Waals surface area contributed by atoms with Crippen LogP contribution >= 0.6 is 11.8 Å². The third-order valence-electron chi connectivity index (χ3n) is 3.47. The molecular formula is C16H16FN5O2S. The van der Waals surface area contributed by atoms with Gasteiger partial charge in [0, 0.05) is 18.7 Å². The Labute approximate surface area is 147 Å². The van der Waals surface area contributed by atoms with Crippen LogP contribution in [0.5, 0.6) is 0 Å². The molecule has 25 heavy (non-hydrogen) atoms. The number of aromatic nitrogens is 4. The lowest BCUT2D eigenvalue weighted by Gasteiger charge is -2.10. The summed E-state index contributed by atoms with van der Waals surface area (Å²) in [6, 6.07) is 7.65. The van der Waals surface area contributed by atoms with Gasteiger partial charge in [-0.05, 0) is 38.1 Å². The molecule has 0 aliphatic heterocycles. The van der Waals surface area contributed by atoms with Crippen LogP contribution in [-0.2, 0) is 11.8 Å². The summed E-state index contributed by atoms with van der Waals surface area (Å²) in [5.74, 6) is 1.06. The summed E-state index contributed by atoms with van der Waals surface area (Å²) in [5, 5.41) is 14.8. The largest absolute Gasteiger partial charge is 0.360 e. The molecule has 3 aromatic rings. The Kier molecular flexibility index (Phi) is 4.84. The zero-order valence-electron chi connectivity index (χ0n) is 13.9. The number of nitrogens with one attached hydrogen (secondary N) is 1. The van der Waals surface area contributed by atoms with Crippen LogP contribution in [0.4, 0.5) is 10.2 Å². The van der Waals surface area contributed by atoms with Gasteiger partial charge in [-0.25, -0.2) is 4.39 Å². The van der Waals surface area contributed by atoms with E-state index in [4.69, 9.17) is 4.52 Å². The highest BCUT2D eigenvalue weighted by Gasteiger charge is 2.20. The van der Waals surface area contributed by atoms with Crippen LogP contribution in [-0.4, -0.2) is 31.1 Å². The average Bonchev–Trinajstić information content (AvgIpc) is 3.15. The van der Waals surface area contributed by atoms with Crippen LogP contribution < -0.4 is 5.32 Å². The van der Waals surface area contributed by atoms with E-state index in [0.29, 0.717) is 22.6 Å². The normalized spacial score (nSPS) is 12.2. The van der Waals surface area contributed by atoms with Gasteiger partial charge >= 0.3 is 0 Å². The lowest BCUT2D eigenvalue weighted by atomic mass is 10.2. The molecule has 0 saturated heterocycles. The molecule has 7 nitrogen and oxygen atoms in total. The molecule has 0 spiro atoms. The molecule has 0 aliphatic rings. The fourth-order valence-electron chi connectivity index (χ4n) is 2.13. The molecule has 0 unspecified atom stereocenters. The van der Waals surface area contributed by atoms with Gasteiger partial charge in [0.1, 0.15) is 11.6 Å². The Balaban J connectivity index is 1.70. The van der Waals surface area contributed by atoms with Gasteiger partial charge in [0.05, 0.1) is 5.25 Å². The van der Waals surface area contributed by atoms with E-state index < -0.39 is 5.25 Å². The van der Waals surface area contributed by atoms with Crippen molar-refractivity contribution in [2.75, 3.05) is 5.32 Å². The van der Waals surface area contributed by atoms with Crippen LogP contribution in [0.25, 0.3) is 11.4 Å². The summed E-state index contributed by atoms with van der Waals surface area (Å²) >= 11 is 1.27. The number of carbonyl (C=O) groups is 1. The summed E-state index contributed by atoms with van der Waals surface area (Å²) in [7, 11) is 1.80. The minimum absolute atomic E-state index is 0.218. The van der Waals surface area contributed by atoms with E-state index in [0.717, 1.165) is 5.56 Å². The van der Waals surface area contributed by atoms with Gasteiger partial charge in [0.2, 0.25) is 5.91 Å². The molecule has 1 N–H and O–H groups in total. The molecule has 1 atom stereocenters. The van der Waals surface area contributed by atoms with Crippen molar-refractivity contribution in [1.29, 1.82) is 0 Å². The molecule has 9 heteroatoms. The van der Waals surface area contributed by atoms with Gasteiger partial charge in [-0.1, -0.05) is 16.9 Å². The van der Waals surface area contributed by atoms with Gasteiger partial charge in [-0.15, -0.1) is 10.2 Å². The minimum Gasteiger partial charge on any atom is -0.360 e. The lowest BCUT2D eigenvalue weighted by Crippen LogP contribution is -2.23. The number of hydrogen-bond donors (Lipinski definition) is 1. The summed E-state index contributed by atoms with van der Waals surface area (Å²) < 4.78 is 19.7. The molecule has 1 amide bonds. The van der Waals surface area contributed by atoms with Gasteiger partial charge in [0.15, 0.2) is 16.8 Å². The molecule has 1 aromatic carbocycles. The van der Waals surface area contributed by atoms with Gasteiger partial charge in [-0.3, -0.25) is 4.79 Å². The van der Waals surface area contributed by atoms with Crippen LogP contribution in [0.1, 0.15) is 12.7 Å². The van der Waals surface area contributed by atoms with E-state index in [-0.39, 0.29) is 11.7 Å². The molecule has 0 radical (unpaired) electrons. The van der Waals surface area contributed by atoms with E-state index in [1.165, 1.54) is 23.9 Å². The highest BCUT2D eigenvalue weighted by molar-refractivity contribution is 8.00. The van der Waals surface area contributed by atoms with Crippen LogP contribution in [0, 0.1) is 12.7 Å². The Bertz CT molecular complexity index is 890. The van der Waals surface area contributed by atoms with E-state index in [1.54, 1.807) is 43.7 Å². The predicted molar refractivity (Wildman–Crippen MR) is 91.6 cm³/mol. The average molecular weight is 361 g/mol. The maximum Gasteiger partial charge on any atom is 0.238 e. The smallest absolute Gasteiger partial charge is 0.238 e. The quantitative estimate of drug-likeness (QED) is 0.703. The van der Waals surface area contributed by atoms with Gasteiger partial charge in [0.25, 0.3) is 0 Å². The number of anilines is 1. The molecule has 0 bridgehead atoms. The summed E-state index contributed by atoms with van der Waals surface area (Å²) in [6.07, 6.45) is 0. The van der Waals surface area contributed by atoms with E-state index in [9.17, 15) is 9.18 Å². The molecule has 3 rings (SSSR count). The number of halogens is 1. The van der Waals surface area contributed by atoms with Crippen molar-refractivity contribution < 1.29 is 13.7 Å². The number of benzene rings is 1. The number of aryl methyl sites for hydroxylation is 1. The number of carbonyl (C=O) groups excluding carboxylic acids is 1. The summed E-state index contributed by atoms with van der Waals surface area (Å²) in [5.41, 5.74) is 0.749. The third-order valence-corrected chi connectivity index (χ3v) is 4.60. The maximum absolute atomic E-state index is 13.0. The second-order valence-electron chi connectivity index (χ2n) is 5.44.